The van der Waals surface area contributed by atoms with E-state index in [-0.39, 0.29) is 0 Å². The first-order valence-corrected chi connectivity index (χ1v) is 9.95. The van der Waals surface area contributed by atoms with Gasteiger partial charge < -0.3 is 4.42 Å². The van der Waals surface area contributed by atoms with Gasteiger partial charge in [0.2, 0.25) is 0 Å². The minimum atomic E-state index is 0.800. The highest BCUT2D eigenvalue weighted by atomic mass is 16.3. The van der Waals surface area contributed by atoms with Gasteiger partial charge >= 0.3 is 0 Å². The van der Waals surface area contributed by atoms with E-state index in [0.717, 1.165) is 62.0 Å². The topological polar surface area (TPSA) is 67.4 Å². The lowest BCUT2D eigenvalue weighted by atomic mass is 10.0. The monoisotopic (exact) mass is 373 g/mol. The molecule has 2 aliphatic rings. The maximum absolute atomic E-state index is 5.41. The summed E-state index contributed by atoms with van der Waals surface area (Å²) in [6, 6.07) is 7.95. The van der Waals surface area contributed by atoms with Crippen molar-refractivity contribution < 1.29 is 4.42 Å². The van der Waals surface area contributed by atoms with Crippen molar-refractivity contribution in [2.75, 3.05) is 13.1 Å². The molecule has 0 unspecified atom stereocenters. The van der Waals surface area contributed by atoms with Crippen LogP contribution in [-0.2, 0) is 19.5 Å². The van der Waals surface area contributed by atoms with Gasteiger partial charge in [0, 0.05) is 50.6 Å². The van der Waals surface area contributed by atoms with Crippen LogP contribution >= 0.6 is 0 Å². The molecule has 6 heteroatoms. The second-order valence-corrected chi connectivity index (χ2v) is 7.44. The van der Waals surface area contributed by atoms with E-state index >= 15 is 0 Å². The molecule has 0 bridgehead atoms. The van der Waals surface area contributed by atoms with Crippen molar-refractivity contribution >= 4 is 5.71 Å². The summed E-state index contributed by atoms with van der Waals surface area (Å²) in [6.45, 7) is 3.66. The molecule has 0 atom stereocenters. The first kappa shape index (κ1) is 17.3. The van der Waals surface area contributed by atoms with Crippen molar-refractivity contribution in [3.05, 3.63) is 65.6 Å². The Morgan fingerprint density at radius 2 is 2.04 bits per heavy atom. The third-order valence-corrected chi connectivity index (χ3v) is 5.40. The molecule has 3 aromatic rings. The van der Waals surface area contributed by atoms with Gasteiger partial charge in [-0.25, -0.2) is 9.97 Å². The number of furan rings is 1. The first-order chi connectivity index (χ1) is 13.8. The molecule has 0 aliphatic carbocycles. The number of rotatable bonds is 4. The zero-order valence-corrected chi connectivity index (χ0v) is 15.8. The van der Waals surface area contributed by atoms with Crippen LogP contribution < -0.4 is 0 Å². The quantitative estimate of drug-likeness (QED) is 0.698. The third-order valence-electron chi connectivity index (χ3n) is 5.40. The van der Waals surface area contributed by atoms with Crippen molar-refractivity contribution in [1.29, 1.82) is 0 Å². The molecule has 2 aliphatic heterocycles. The van der Waals surface area contributed by atoms with Gasteiger partial charge in [-0.3, -0.25) is 14.9 Å². The molecule has 0 saturated carbocycles. The summed E-state index contributed by atoms with van der Waals surface area (Å²) >= 11 is 0. The molecule has 0 amide bonds. The van der Waals surface area contributed by atoms with E-state index in [1.54, 1.807) is 6.26 Å². The Morgan fingerprint density at radius 1 is 1.04 bits per heavy atom. The molecule has 6 nitrogen and oxygen atoms in total. The number of fused-ring (bicyclic) bond motifs is 1. The maximum atomic E-state index is 5.41. The highest BCUT2D eigenvalue weighted by Gasteiger charge is 2.20. The Labute approximate surface area is 164 Å². The number of hydrogen-bond acceptors (Lipinski definition) is 6. The van der Waals surface area contributed by atoms with Crippen molar-refractivity contribution in [3.8, 4) is 11.5 Å². The number of hydrogen-bond donors (Lipinski definition) is 0. The molecular formula is C22H23N5O. The third kappa shape index (κ3) is 3.60. The second kappa shape index (κ2) is 7.64. The predicted octanol–water partition coefficient (Wildman–Crippen LogP) is 3.66. The highest BCUT2D eigenvalue weighted by Crippen LogP contribution is 2.21. The average molecular weight is 373 g/mol. The Hall–Kier alpha value is -2.86. The maximum Gasteiger partial charge on any atom is 0.173 e. The van der Waals surface area contributed by atoms with Gasteiger partial charge in [0.05, 0.1) is 17.7 Å². The standard InChI is InChI=1S/C22H23N5O/c1-2-9-23-20(4-1)22-25-13-17-15-27(10-8-18(17)26-22)14-16-6-7-19(24-12-16)21-5-3-11-28-21/h3,5-7,11-13H,1-2,4,8-10,14-15H2. The Bertz CT molecular complexity index is 979. The molecule has 0 saturated heterocycles. The SMILES string of the molecule is c1coc(-c2ccc(CN3CCc4nc(C5=NCCCC5)ncc4C3)cn2)c1. The van der Waals surface area contributed by atoms with Crippen LogP contribution in [0.5, 0.6) is 0 Å². The molecule has 5 heterocycles. The normalized spacial score (nSPS) is 17.2. The minimum absolute atomic E-state index is 0.800. The summed E-state index contributed by atoms with van der Waals surface area (Å²) in [5, 5.41) is 0. The molecule has 0 N–H and O–H groups in total. The van der Waals surface area contributed by atoms with E-state index < -0.39 is 0 Å². The minimum Gasteiger partial charge on any atom is -0.463 e. The molecule has 0 fully saturated rings. The number of nitrogens with zero attached hydrogens (tertiary/aromatic N) is 5. The lowest BCUT2D eigenvalue weighted by Gasteiger charge is -2.28. The van der Waals surface area contributed by atoms with Gasteiger partial charge in [0.25, 0.3) is 0 Å². The Morgan fingerprint density at radius 3 is 2.82 bits per heavy atom. The van der Waals surface area contributed by atoms with Crippen LogP contribution in [0.3, 0.4) is 0 Å². The average Bonchev–Trinajstić information content (AvgIpc) is 3.29. The molecule has 3 aromatic heterocycles. The van der Waals surface area contributed by atoms with Crippen molar-refractivity contribution in [1.82, 2.24) is 19.9 Å². The summed E-state index contributed by atoms with van der Waals surface area (Å²) < 4.78 is 5.41. The molecule has 0 spiro atoms. The fourth-order valence-corrected chi connectivity index (χ4v) is 3.87. The van der Waals surface area contributed by atoms with Crippen LogP contribution in [0.4, 0.5) is 0 Å². The zero-order valence-electron chi connectivity index (χ0n) is 15.8. The van der Waals surface area contributed by atoms with Crippen molar-refractivity contribution in [3.63, 3.8) is 0 Å². The van der Waals surface area contributed by atoms with Crippen LogP contribution in [0.15, 0.2) is 52.3 Å². The fraction of sp³-hybridized carbons (Fsp3) is 0.364. The van der Waals surface area contributed by atoms with Gasteiger partial charge in [-0.05, 0) is 43.0 Å². The molecule has 5 rings (SSSR count). The van der Waals surface area contributed by atoms with Gasteiger partial charge in [-0.15, -0.1) is 0 Å². The van der Waals surface area contributed by atoms with Crippen LogP contribution in [0.25, 0.3) is 11.5 Å². The molecule has 142 valence electrons. The fourth-order valence-electron chi connectivity index (χ4n) is 3.87. The largest absolute Gasteiger partial charge is 0.463 e. The van der Waals surface area contributed by atoms with Crippen LogP contribution in [0.2, 0.25) is 0 Å². The lowest BCUT2D eigenvalue weighted by Crippen LogP contribution is -2.31. The zero-order chi connectivity index (χ0) is 18.8. The van der Waals surface area contributed by atoms with E-state index in [1.807, 2.05) is 30.6 Å². The summed E-state index contributed by atoms with van der Waals surface area (Å²) in [5.74, 6) is 1.64. The molecular weight excluding hydrogens is 350 g/mol. The van der Waals surface area contributed by atoms with E-state index in [2.05, 4.69) is 25.9 Å². The lowest BCUT2D eigenvalue weighted by molar-refractivity contribution is 0.242. The van der Waals surface area contributed by atoms with Gasteiger partial charge in [0.1, 0.15) is 5.69 Å². The van der Waals surface area contributed by atoms with E-state index in [4.69, 9.17) is 9.40 Å². The smallest absolute Gasteiger partial charge is 0.173 e. The molecule has 0 radical (unpaired) electrons. The summed E-state index contributed by atoms with van der Waals surface area (Å²) in [6.07, 6.45) is 9.94. The summed E-state index contributed by atoms with van der Waals surface area (Å²) in [7, 11) is 0. The second-order valence-electron chi connectivity index (χ2n) is 7.44. The van der Waals surface area contributed by atoms with Crippen LogP contribution in [-0.4, -0.2) is 38.7 Å². The van der Waals surface area contributed by atoms with Crippen molar-refractivity contribution in [2.45, 2.75) is 38.8 Å². The van der Waals surface area contributed by atoms with E-state index in [0.29, 0.717) is 0 Å². The number of aliphatic imine (C=N–C) groups is 1. The summed E-state index contributed by atoms with van der Waals surface area (Å²) in [4.78, 5) is 21.0. The molecule has 0 aromatic carbocycles. The van der Waals surface area contributed by atoms with Crippen LogP contribution in [0, 0.1) is 0 Å². The van der Waals surface area contributed by atoms with Crippen LogP contribution in [0.1, 0.15) is 41.9 Å². The van der Waals surface area contributed by atoms with Gasteiger partial charge in [-0.1, -0.05) is 6.07 Å². The van der Waals surface area contributed by atoms with E-state index in [1.165, 1.54) is 29.7 Å². The van der Waals surface area contributed by atoms with Gasteiger partial charge in [0.15, 0.2) is 11.6 Å². The first-order valence-electron chi connectivity index (χ1n) is 9.95. The highest BCUT2D eigenvalue weighted by molar-refractivity contribution is 5.97. The number of aromatic nitrogens is 3. The Balaban J connectivity index is 1.26. The Kier molecular flexibility index (Phi) is 4.71. The van der Waals surface area contributed by atoms with E-state index in [9.17, 15) is 0 Å². The number of pyridine rings is 1. The van der Waals surface area contributed by atoms with Crippen molar-refractivity contribution in [2.24, 2.45) is 4.99 Å². The predicted molar refractivity (Wildman–Crippen MR) is 107 cm³/mol. The summed E-state index contributed by atoms with van der Waals surface area (Å²) in [5.41, 5.74) is 5.56. The van der Waals surface area contributed by atoms with Gasteiger partial charge in [-0.2, -0.15) is 0 Å². The molecule has 28 heavy (non-hydrogen) atoms.